The van der Waals surface area contributed by atoms with Gasteiger partial charge in [-0.05, 0) is 54.8 Å². The molecule has 0 unspecified atom stereocenters. The van der Waals surface area contributed by atoms with E-state index in [4.69, 9.17) is 0 Å². The third-order valence-corrected chi connectivity index (χ3v) is 5.04. The van der Waals surface area contributed by atoms with Crippen LogP contribution in [0.15, 0.2) is 52.8 Å². The molecular weight excluding hydrogens is 378 g/mol. The van der Waals surface area contributed by atoms with Crippen molar-refractivity contribution in [2.24, 2.45) is 0 Å². The Morgan fingerprint density at radius 3 is 2.60 bits per heavy atom. The number of anilines is 1. The van der Waals surface area contributed by atoms with Crippen LogP contribution in [0.1, 0.15) is 43.7 Å². The molecule has 1 aromatic carbocycles. The van der Waals surface area contributed by atoms with Gasteiger partial charge in [0.25, 0.3) is 5.91 Å². The molecule has 0 saturated heterocycles. The van der Waals surface area contributed by atoms with Gasteiger partial charge in [0.15, 0.2) is 0 Å². The molecule has 0 bridgehead atoms. The maximum absolute atomic E-state index is 12.3. The summed E-state index contributed by atoms with van der Waals surface area (Å²) in [4.78, 5) is 12.3. The molecule has 1 heterocycles. The van der Waals surface area contributed by atoms with Crippen LogP contribution in [0.3, 0.4) is 0 Å². The molecule has 1 aliphatic carbocycles. The summed E-state index contributed by atoms with van der Waals surface area (Å²) in [7, 11) is 0. The van der Waals surface area contributed by atoms with Gasteiger partial charge in [0.1, 0.15) is 11.6 Å². The molecule has 1 amide bonds. The standard InChI is InChI=1S/C20H20BrN3O/c21-17-6-8-18(9-7-17)23-20(25)16(13-22)12-15-10-11-24(14-15)19-4-2-1-3-5-19/h6-12,14,19H,1-5H2,(H,23,25)/b16-12+. The number of aromatic nitrogens is 1. The molecule has 1 fully saturated rings. The number of benzene rings is 1. The lowest BCUT2D eigenvalue weighted by Crippen LogP contribution is -2.13. The highest BCUT2D eigenvalue weighted by atomic mass is 79.9. The van der Waals surface area contributed by atoms with Crippen molar-refractivity contribution in [3.63, 3.8) is 0 Å². The van der Waals surface area contributed by atoms with Crippen molar-refractivity contribution in [2.75, 3.05) is 5.32 Å². The van der Waals surface area contributed by atoms with Crippen LogP contribution in [0.4, 0.5) is 5.69 Å². The molecule has 4 nitrogen and oxygen atoms in total. The second-order valence-electron chi connectivity index (χ2n) is 6.31. The van der Waals surface area contributed by atoms with Gasteiger partial charge in [-0.3, -0.25) is 4.79 Å². The van der Waals surface area contributed by atoms with Crippen molar-refractivity contribution >= 4 is 33.6 Å². The first-order chi connectivity index (χ1) is 12.2. The molecule has 25 heavy (non-hydrogen) atoms. The zero-order valence-electron chi connectivity index (χ0n) is 13.9. The number of nitrogens with zero attached hydrogens (tertiary/aromatic N) is 2. The van der Waals surface area contributed by atoms with Crippen molar-refractivity contribution < 1.29 is 4.79 Å². The lowest BCUT2D eigenvalue weighted by atomic mass is 9.95. The van der Waals surface area contributed by atoms with Gasteiger partial charge in [0.05, 0.1) is 0 Å². The highest BCUT2D eigenvalue weighted by molar-refractivity contribution is 9.10. The summed E-state index contributed by atoms with van der Waals surface area (Å²) in [6.45, 7) is 0. The molecular formula is C20H20BrN3O. The summed E-state index contributed by atoms with van der Waals surface area (Å²) in [5, 5.41) is 12.1. The SMILES string of the molecule is N#C/C(=C\c1ccn(C2CCCCC2)c1)C(=O)Nc1ccc(Br)cc1. The van der Waals surface area contributed by atoms with E-state index in [1.165, 1.54) is 32.1 Å². The van der Waals surface area contributed by atoms with E-state index in [1.54, 1.807) is 18.2 Å². The minimum Gasteiger partial charge on any atom is -0.351 e. The van der Waals surface area contributed by atoms with E-state index in [1.807, 2.05) is 36.7 Å². The predicted molar refractivity (Wildman–Crippen MR) is 103 cm³/mol. The molecule has 5 heteroatoms. The zero-order chi connectivity index (χ0) is 17.6. The number of carbonyl (C=O) groups excluding carboxylic acids is 1. The van der Waals surface area contributed by atoms with Crippen LogP contribution in [0.2, 0.25) is 0 Å². The van der Waals surface area contributed by atoms with E-state index in [2.05, 4.69) is 25.8 Å². The van der Waals surface area contributed by atoms with Crippen molar-refractivity contribution in [2.45, 2.75) is 38.1 Å². The van der Waals surface area contributed by atoms with Crippen LogP contribution in [0.25, 0.3) is 6.08 Å². The van der Waals surface area contributed by atoms with Gasteiger partial charge in [-0.1, -0.05) is 35.2 Å². The topological polar surface area (TPSA) is 57.8 Å². The molecule has 1 N–H and O–H groups in total. The largest absolute Gasteiger partial charge is 0.351 e. The molecule has 0 aliphatic heterocycles. The van der Waals surface area contributed by atoms with Crippen molar-refractivity contribution in [1.29, 1.82) is 5.26 Å². The van der Waals surface area contributed by atoms with Gasteiger partial charge < -0.3 is 9.88 Å². The van der Waals surface area contributed by atoms with Gasteiger partial charge in [0.2, 0.25) is 0 Å². The summed E-state index contributed by atoms with van der Waals surface area (Å²) < 4.78 is 3.15. The van der Waals surface area contributed by atoms with Crippen LogP contribution in [0.5, 0.6) is 0 Å². The third-order valence-electron chi connectivity index (χ3n) is 4.51. The average Bonchev–Trinajstić information content (AvgIpc) is 3.11. The quantitative estimate of drug-likeness (QED) is 0.561. The summed E-state index contributed by atoms with van der Waals surface area (Å²) in [5.41, 5.74) is 1.64. The van der Waals surface area contributed by atoms with E-state index in [9.17, 15) is 10.1 Å². The fraction of sp³-hybridized carbons (Fsp3) is 0.300. The van der Waals surface area contributed by atoms with E-state index in [0.29, 0.717) is 11.7 Å². The number of hydrogen-bond acceptors (Lipinski definition) is 2. The number of rotatable bonds is 4. The summed E-state index contributed by atoms with van der Waals surface area (Å²) in [6.07, 6.45) is 12.0. The highest BCUT2D eigenvalue weighted by Crippen LogP contribution is 2.28. The highest BCUT2D eigenvalue weighted by Gasteiger charge is 2.15. The molecule has 1 aromatic heterocycles. The van der Waals surface area contributed by atoms with Gasteiger partial charge >= 0.3 is 0 Å². The summed E-state index contributed by atoms with van der Waals surface area (Å²) in [5.74, 6) is -0.393. The Kier molecular flexibility index (Phi) is 5.72. The van der Waals surface area contributed by atoms with Crippen molar-refractivity contribution in [3.05, 3.63) is 58.3 Å². The van der Waals surface area contributed by atoms with Gasteiger partial charge in [0, 0.05) is 28.6 Å². The van der Waals surface area contributed by atoms with Gasteiger partial charge in [-0.2, -0.15) is 5.26 Å². The zero-order valence-corrected chi connectivity index (χ0v) is 15.5. The number of carbonyl (C=O) groups is 1. The van der Waals surface area contributed by atoms with Gasteiger partial charge in [-0.15, -0.1) is 0 Å². The lowest BCUT2D eigenvalue weighted by Gasteiger charge is -2.23. The second kappa shape index (κ2) is 8.17. The van der Waals surface area contributed by atoms with Crippen LogP contribution in [0, 0.1) is 11.3 Å². The first-order valence-electron chi connectivity index (χ1n) is 8.52. The van der Waals surface area contributed by atoms with Crippen LogP contribution in [-0.2, 0) is 4.79 Å². The summed E-state index contributed by atoms with van der Waals surface area (Å²) in [6, 6.07) is 11.8. The number of nitrogens with one attached hydrogen (secondary N) is 1. The second-order valence-corrected chi connectivity index (χ2v) is 7.23. The van der Waals surface area contributed by atoms with Gasteiger partial charge in [-0.25, -0.2) is 0 Å². The molecule has 0 atom stereocenters. The lowest BCUT2D eigenvalue weighted by molar-refractivity contribution is -0.112. The first kappa shape index (κ1) is 17.5. The van der Waals surface area contributed by atoms with Crippen LogP contribution in [-0.4, -0.2) is 10.5 Å². The van der Waals surface area contributed by atoms with Crippen molar-refractivity contribution in [3.8, 4) is 6.07 Å². The fourth-order valence-electron chi connectivity index (χ4n) is 3.17. The van der Waals surface area contributed by atoms with Crippen molar-refractivity contribution in [1.82, 2.24) is 4.57 Å². The summed E-state index contributed by atoms with van der Waals surface area (Å²) >= 11 is 3.35. The number of halogens is 1. The molecule has 0 radical (unpaired) electrons. The Bertz CT molecular complexity index is 808. The maximum atomic E-state index is 12.3. The Labute approximate surface area is 156 Å². The van der Waals surface area contributed by atoms with E-state index in [-0.39, 0.29) is 5.57 Å². The smallest absolute Gasteiger partial charge is 0.266 e. The first-order valence-corrected chi connectivity index (χ1v) is 9.31. The minimum absolute atomic E-state index is 0.101. The molecule has 1 saturated carbocycles. The Morgan fingerprint density at radius 2 is 1.92 bits per heavy atom. The number of amides is 1. The minimum atomic E-state index is -0.393. The average molecular weight is 398 g/mol. The molecule has 1 aliphatic rings. The maximum Gasteiger partial charge on any atom is 0.266 e. The monoisotopic (exact) mass is 397 g/mol. The van der Waals surface area contributed by atoms with E-state index < -0.39 is 5.91 Å². The number of hydrogen-bond donors (Lipinski definition) is 1. The Balaban J connectivity index is 1.71. The number of nitriles is 1. The predicted octanol–water partition coefficient (Wildman–Crippen LogP) is 5.30. The van der Waals surface area contributed by atoms with Crippen LogP contribution < -0.4 is 5.32 Å². The molecule has 2 aromatic rings. The molecule has 128 valence electrons. The van der Waals surface area contributed by atoms with E-state index in [0.717, 1.165) is 10.0 Å². The normalized spacial score (nSPS) is 15.6. The Hall–Kier alpha value is -2.32. The fourth-order valence-corrected chi connectivity index (χ4v) is 3.43. The van der Waals surface area contributed by atoms with Crippen LogP contribution >= 0.6 is 15.9 Å². The molecule has 3 rings (SSSR count). The molecule has 0 spiro atoms. The third kappa shape index (κ3) is 4.61. The van der Waals surface area contributed by atoms with E-state index >= 15 is 0 Å². The Morgan fingerprint density at radius 1 is 1.20 bits per heavy atom.